The molecule has 0 fully saturated rings. The second kappa shape index (κ2) is 7.59. The van der Waals surface area contributed by atoms with Crippen molar-refractivity contribution in [3.8, 4) is 5.75 Å². The number of carbonyl (C=O) groups excluding carboxylic acids is 1. The van der Waals surface area contributed by atoms with Crippen molar-refractivity contribution in [3.05, 3.63) is 45.7 Å². The average Bonchev–Trinajstić information content (AvgIpc) is 2.85. The highest BCUT2D eigenvalue weighted by atomic mass is 79.9. The molecule has 7 heteroatoms. The normalized spacial score (nSPS) is 10.6. The Morgan fingerprint density at radius 3 is 2.76 bits per heavy atom. The van der Waals surface area contributed by atoms with Gasteiger partial charge in [0.25, 0.3) is 0 Å². The molecular weight excluding hydrogens is 360 g/mol. The number of hydrogen-bond donors (Lipinski definition) is 0. The number of methoxy groups -OCH3 is 1. The minimum atomic E-state index is -0.162. The molecule has 1 aromatic heterocycles. The number of Topliss-reactive ketones (excluding diaryl/α,β-unsaturated/α-hetero) is 1. The lowest BCUT2D eigenvalue weighted by Gasteiger charge is -2.08. The van der Waals surface area contributed by atoms with E-state index < -0.39 is 0 Å². The minimum absolute atomic E-state index is 0.0705. The summed E-state index contributed by atoms with van der Waals surface area (Å²) in [5, 5.41) is 4.76. The summed E-state index contributed by atoms with van der Waals surface area (Å²) in [4.78, 5) is 12.3. The largest absolute Gasteiger partial charge is 0.485 e. The molecular formula is C14H14BrClN2O3. The second-order valence-corrected chi connectivity index (χ2v) is 5.51. The molecule has 2 rings (SSSR count). The van der Waals surface area contributed by atoms with Gasteiger partial charge in [-0.3, -0.25) is 9.48 Å². The lowest BCUT2D eigenvalue weighted by Crippen LogP contribution is -2.19. The van der Waals surface area contributed by atoms with Gasteiger partial charge in [-0.15, -0.1) is 0 Å². The van der Waals surface area contributed by atoms with Gasteiger partial charge in [-0.05, 0) is 40.2 Å². The predicted molar refractivity (Wildman–Crippen MR) is 83.1 cm³/mol. The third-order valence-electron chi connectivity index (χ3n) is 2.75. The lowest BCUT2D eigenvalue weighted by molar-refractivity contribution is 0.0906. The Balaban J connectivity index is 2.02. The van der Waals surface area contributed by atoms with Gasteiger partial charge < -0.3 is 9.47 Å². The highest BCUT2D eigenvalue weighted by Crippen LogP contribution is 2.19. The van der Waals surface area contributed by atoms with Crippen LogP contribution in [-0.4, -0.2) is 35.9 Å². The van der Waals surface area contributed by atoms with Gasteiger partial charge in [0, 0.05) is 12.1 Å². The van der Waals surface area contributed by atoms with Crippen molar-refractivity contribution >= 4 is 33.3 Å². The van der Waals surface area contributed by atoms with Crippen LogP contribution in [0.4, 0.5) is 0 Å². The summed E-state index contributed by atoms with van der Waals surface area (Å²) >= 11 is 9.12. The first kappa shape index (κ1) is 16.0. The van der Waals surface area contributed by atoms with E-state index in [2.05, 4.69) is 21.0 Å². The van der Waals surface area contributed by atoms with Crippen molar-refractivity contribution in [1.82, 2.24) is 9.78 Å². The van der Waals surface area contributed by atoms with Gasteiger partial charge in [0.05, 0.1) is 23.8 Å². The van der Waals surface area contributed by atoms with Gasteiger partial charge in [-0.25, -0.2) is 0 Å². The van der Waals surface area contributed by atoms with Crippen molar-refractivity contribution in [2.24, 2.45) is 0 Å². The Morgan fingerprint density at radius 2 is 2.10 bits per heavy atom. The van der Waals surface area contributed by atoms with Crippen LogP contribution in [-0.2, 0) is 11.3 Å². The number of hydrogen-bond acceptors (Lipinski definition) is 4. The Labute approximate surface area is 135 Å². The molecule has 2 aromatic rings. The van der Waals surface area contributed by atoms with Gasteiger partial charge in [-0.2, -0.15) is 5.10 Å². The van der Waals surface area contributed by atoms with E-state index >= 15 is 0 Å². The fourth-order valence-electron chi connectivity index (χ4n) is 1.74. The molecule has 0 saturated heterocycles. The number of halogens is 2. The third kappa shape index (κ3) is 4.30. The molecule has 5 nitrogen and oxygen atoms in total. The molecule has 0 aliphatic carbocycles. The number of nitrogens with zero attached hydrogens (tertiary/aromatic N) is 2. The summed E-state index contributed by atoms with van der Waals surface area (Å²) in [5.74, 6) is 0.428. The van der Waals surface area contributed by atoms with Gasteiger partial charge in [-0.1, -0.05) is 11.6 Å². The predicted octanol–water partition coefficient (Wildman–Crippen LogP) is 3.21. The van der Waals surface area contributed by atoms with Crippen LogP contribution >= 0.6 is 27.5 Å². The van der Waals surface area contributed by atoms with Gasteiger partial charge in [0.2, 0.25) is 5.78 Å². The number of ether oxygens (including phenoxy) is 2. The molecule has 0 aliphatic heterocycles. The number of aromatic nitrogens is 2. The Kier molecular flexibility index (Phi) is 5.78. The molecule has 0 N–H and O–H groups in total. The van der Waals surface area contributed by atoms with Crippen LogP contribution in [0.2, 0.25) is 5.02 Å². The topological polar surface area (TPSA) is 53.4 Å². The van der Waals surface area contributed by atoms with E-state index in [1.165, 1.54) is 0 Å². The van der Waals surface area contributed by atoms with Gasteiger partial charge in [0.1, 0.15) is 11.4 Å². The molecule has 0 amide bonds. The molecule has 0 radical (unpaired) electrons. The molecule has 0 aliphatic rings. The number of carbonyl (C=O) groups is 1. The van der Waals surface area contributed by atoms with Gasteiger partial charge >= 0.3 is 0 Å². The monoisotopic (exact) mass is 372 g/mol. The van der Waals surface area contributed by atoms with E-state index in [-0.39, 0.29) is 12.4 Å². The average molecular weight is 374 g/mol. The van der Waals surface area contributed by atoms with Crippen LogP contribution in [0.1, 0.15) is 10.5 Å². The maximum atomic E-state index is 12.3. The summed E-state index contributed by atoms with van der Waals surface area (Å²) in [5.41, 5.74) is 0.473. The van der Waals surface area contributed by atoms with Crippen molar-refractivity contribution < 1.29 is 14.3 Å². The summed E-state index contributed by atoms with van der Waals surface area (Å²) in [6.07, 6.45) is 1.59. The summed E-state index contributed by atoms with van der Waals surface area (Å²) in [6.45, 7) is 0.912. The molecule has 21 heavy (non-hydrogen) atoms. The third-order valence-corrected chi connectivity index (χ3v) is 3.58. The van der Waals surface area contributed by atoms with Crippen LogP contribution < -0.4 is 4.74 Å². The maximum Gasteiger partial charge on any atom is 0.219 e. The zero-order chi connectivity index (χ0) is 15.2. The minimum Gasteiger partial charge on any atom is -0.485 e. The number of rotatable bonds is 7. The fourth-order valence-corrected chi connectivity index (χ4v) is 2.38. The van der Waals surface area contributed by atoms with E-state index in [9.17, 15) is 4.79 Å². The Morgan fingerprint density at radius 1 is 1.38 bits per heavy atom. The smallest absolute Gasteiger partial charge is 0.219 e. The first-order valence-corrected chi connectivity index (χ1v) is 7.40. The molecule has 1 aromatic carbocycles. The zero-order valence-corrected chi connectivity index (χ0v) is 13.7. The fraction of sp³-hybridized carbons (Fsp3) is 0.286. The highest BCUT2D eigenvalue weighted by Gasteiger charge is 2.17. The summed E-state index contributed by atoms with van der Waals surface area (Å²) < 4.78 is 12.7. The molecule has 112 valence electrons. The summed E-state index contributed by atoms with van der Waals surface area (Å²) in [6, 6.07) is 6.85. The van der Waals surface area contributed by atoms with Gasteiger partial charge in [0.15, 0.2) is 6.61 Å². The van der Waals surface area contributed by atoms with Crippen molar-refractivity contribution in [2.75, 3.05) is 20.3 Å². The first-order chi connectivity index (χ1) is 10.1. The molecule has 0 bridgehead atoms. The van der Waals surface area contributed by atoms with E-state index in [1.54, 1.807) is 42.3 Å². The van der Waals surface area contributed by atoms with E-state index in [0.29, 0.717) is 34.1 Å². The van der Waals surface area contributed by atoms with E-state index in [1.807, 2.05) is 0 Å². The first-order valence-electron chi connectivity index (χ1n) is 6.23. The highest BCUT2D eigenvalue weighted by molar-refractivity contribution is 9.10. The molecule has 0 spiro atoms. The Bertz CT molecular complexity index is 613. The standard InChI is InChI=1S/C14H14BrClN2O3/c1-20-7-6-18-14(12(15)8-17-18)13(19)9-21-11-4-2-10(16)3-5-11/h2-5,8H,6-7,9H2,1H3. The quantitative estimate of drug-likeness (QED) is 0.699. The molecule has 1 heterocycles. The second-order valence-electron chi connectivity index (χ2n) is 4.22. The Hall–Kier alpha value is -1.37. The van der Waals surface area contributed by atoms with Crippen molar-refractivity contribution in [2.45, 2.75) is 6.54 Å². The van der Waals surface area contributed by atoms with Crippen molar-refractivity contribution in [3.63, 3.8) is 0 Å². The SMILES string of the molecule is COCCn1ncc(Br)c1C(=O)COc1ccc(Cl)cc1. The molecule has 0 unspecified atom stereocenters. The van der Waals surface area contributed by atoms with Crippen LogP contribution in [0.15, 0.2) is 34.9 Å². The van der Waals surface area contributed by atoms with Crippen LogP contribution in [0.25, 0.3) is 0 Å². The molecule has 0 atom stereocenters. The zero-order valence-electron chi connectivity index (χ0n) is 11.4. The number of ketones is 1. The van der Waals surface area contributed by atoms with E-state index in [4.69, 9.17) is 21.1 Å². The lowest BCUT2D eigenvalue weighted by atomic mass is 10.3. The summed E-state index contributed by atoms with van der Waals surface area (Å²) in [7, 11) is 1.60. The maximum absolute atomic E-state index is 12.3. The van der Waals surface area contributed by atoms with Crippen LogP contribution in [0.3, 0.4) is 0 Å². The molecule has 0 saturated carbocycles. The van der Waals surface area contributed by atoms with Crippen molar-refractivity contribution in [1.29, 1.82) is 0 Å². The van der Waals surface area contributed by atoms with Crippen LogP contribution in [0.5, 0.6) is 5.75 Å². The number of benzene rings is 1. The van der Waals surface area contributed by atoms with Crippen LogP contribution in [0, 0.1) is 0 Å². The van der Waals surface area contributed by atoms with E-state index in [0.717, 1.165) is 0 Å².